The number of guanidine groups is 1. The Morgan fingerprint density at radius 3 is 2.62 bits per heavy atom. The summed E-state index contributed by atoms with van der Waals surface area (Å²) in [4.78, 5) is 4.36. The molecule has 2 aliphatic carbocycles. The van der Waals surface area contributed by atoms with Gasteiger partial charge in [-0.1, -0.05) is 6.42 Å². The fourth-order valence-electron chi connectivity index (χ4n) is 3.65. The molecule has 0 aliphatic heterocycles. The molecule has 0 heterocycles. The molecule has 5 heteroatoms. The SMILES string of the molecule is CCOc1ccc(NC(=NC)NCC2(C3CC3)CCC2)cc1OC. The van der Waals surface area contributed by atoms with E-state index in [2.05, 4.69) is 15.6 Å². The van der Waals surface area contributed by atoms with E-state index in [1.807, 2.05) is 32.2 Å². The third kappa shape index (κ3) is 3.60. The zero-order valence-corrected chi connectivity index (χ0v) is 15.0. The van der Waals surface area contributed by atoms with Crippen LogP contribution in [0.5, 0.6) is 11.5 Å². The van der Waals surface area contributed by atoms with Crippen molar-refractivity contribution in [2.45, 2.75) is 39.0 Å². The Balaban J connectivity index is 1.60. The molecule has 0 aromatic heterocycles. The van der Waals surface area contributed by atoms with E-state index >= 15 is 0 Å². The van der Waals surface area contributed by atoms with E-state index in [4.69, 9.17) is 9.47 Å². The van der Waals surface area contributed by atoms with Crippen molar-refractivity contribution in [3.63, 3.8) is 0 Å². The second kappa shape index (κ2) is 7.32. The number of anilines is 1. The van der Waals surface area contributed by atoms with Gasteiger partial charge < -0.3 is 20.1 Å². The number of nitrogens with one attached hydrogen (secondary N) is 2. The van der Waals surface area contributed by atoms with Gasteiger partial charge in [0, 0.05) is 25.3 Å². The minimum atomic E-state index is 0.522. The van der Waals surface area contributed by atoms with Gasteiger partial charge in [0.1, 0.15) is 0 Å². The molecular weight excluding hydrogens is 302 g/mol. The molecule has 24 heavy (non-hydrogen) atoms. The van der Waals surface area contributed by atoms with Crippen LogP contribution in [-0.4, -0.2) is 33.3 Å². The van der Waals surface area contributed by atoms with Crippen molar-refractivity contribution in [1.82, 2.24) is 5.32 Å². The molecule has 3 rings (SSSR count). The van der Waals surface area contributed by atoms with Crippen molar-refractivity contribution >= 4 is 11.6 Å². The van der Waals surface area contributed by atoms with Crippen molar-refractivity contribution in [1.29, 1.82) is 0 Å². The molecule has 2 saturated carbocycles. The number of nitrogens with zero attached hydrogens (tertiary/aromatic N) is 1. The van der Waals surface area contributed by atoms with Gasteiger partial charge in [0.05, 0.1) is 13.7 Å². The largest absolute Gasteiger partial charge is 0.493 e. The van der Waals surface area contributed by atoms with Gasteiger partial charge in [-0.2, -0.15) is 0 Å². The molecule has 2 N–H and O–H groups in total. The van der Waals surface area contributed by atoms with Crippen LogP contribution < -0.4 is 20.1 Å². The molecule has 0 radical (unpaired) electrons. The first-order valence-electron chi connectivity index (χ1n) is 8.99. The molecule has 1 aromatic rings. The van der Waals surface area contributed by atoms with E-state index in [1.54, 1.807) is 7.11 Å². The topological polar surface area (TPSA) is 54.9 Å². The van der Waals surface area contributed by atoms with Crippen molar-refractivity contribution in [2.24, 2.45) is 16.3 Å². The highest BCUT2D eigenvalue weighted by atomic mass is 16.5. The molecule has 1 aromatic carbocycles. The lowest BCUT2D eigenvalue weighted by atomic mass is 9.65. The van der Waals surface area contributed by atoms with Gasteiger partial charge in [-0.25, -0.2) is 0 Å². The minimum absolute atomic E-state index is 0.522. The fourth-order valence-corrected chi connectivity index (χ4v) is 3.65. The molecule has 5 nitrogen and oxygen atoms in total. The molecule has 2 fully saturated rings. The number of benzene rings is 1. The quantitative estimate of drug-likeness (QED) is 0.591. The Hall–Kier alpha value is -1.91. The summed E-state index contributed by atoms with van der Waals surface area (Å²) >= 11 is 0. The van der Waals surface area contributed by atoms with Gasteiger partial charge in [0.25, 0.3) is 0 Å². The molecule has 0 bridgehead atoms. The highest BCUT2D eigenvalue weighted by Crippen LogP contribution is 2.56. The lowest BCUT2D eigenvalue weighted by Gasteiger charge is -2.43. The van der Waals surface area contributed by atoms with Gasteiger partial charge in [-0.05, 0) is 56.1 Å². The zero-order valence-electron chi connectivity index (χ0n) is 15.0. The summed E-state index contributed by atoms with van der Waals surface area (Å²) in [5.41, 5.74) is 1.46. The van der Waals surface area contributed by atoms with Crippen LogP contribution in [0.15, 0.2) is 23.2 Å². The minimum Gasteiger partial charge on any atom is -0.493 e. The monoisotopic (exact) mass is 331 g/mol. The van der Waals surface area contributed by atoms with E-state index in [1.165, 1.54) is 32.1 Å². The second-order valence-electron chi connectivity index (χ2n) is 6.84. The number of methoxy groups -OCH3 is 1. The molecular formula is C19H29N3O2. The van der Waals surface area contributed by atoms with Crippen molar-refractivity contribution < 1.29 is 9.47 Å². The Labute approximate surface area is 144 Å². The number of hydrogen-bond donors (Lipinski definition) is 2. The van der Waals surface area contributed by atoms with E-state index in [0.29, 0.717) is 12.0 Å². The van der Waals surface area contributed by atoms with Gasteiger partial charge in [-0.15, -0.1) is 0 Å². The number of aliphatic imine (C=N–C) groups is 1. The van der Waals surface area contributed by atoms with Crippen LogP contribution >= 0.6 is 0 Å². The maximum atomic E-state index is 5.56. The van der Waals surface area contributed by atoms with Crippen LogP contribution in [0.2, 0.25) is 0 Å². The standard InChI is InChI=1S/C19H29N3O2/c1-4-24-16-9-8-15(12-17(16)23-3)22-18(20-2)21-13-19(10-5-11-19)14-6-7-14/h8-9,12,14H,4-7,10-11,13H2,1-3H3,(H2,20,21,22). The van der Waals surface area contributed by atoms with E-state index in [9.17, 15) is 0 Å². The summed E-state index contributed by atoms with van der Waals surface area (Å²) < 4.78 is 11.0. The van der Waals surface area contributed by atoms with E-state index in [0.717, 1.165) is 35.6 Å². The third-order valence-electron chi connectivity index (χ3n) is 5.35. The van der Waals surface area contributed by atoms with Crippen LogP contribution in [-0.2, 0) is 0 Å². The lowest BCUT2D eigenvalue weighted by Crippen LogP contribution is -2.45. The predicted molar refractivity (Wildman–Crippen MR) is 98.2 cm³/mol. The van der Waals surface area contributed by atoms with Gasteiger partial charge >= 0.3 is 0 Å². The average Bonchev–Trinajstić information content (AvgIpc) is 3.39. The van der Waals surface area contributed by atoms with Crippen LogP contribution in [0.3, 0.4) is 0 Å². The van der Waals surface area contributed by atoms with Crippen molar-refractivity contribution in [2.75, 3.05) is 32.6 Å². The second-order valence-corrected chi connectivity index (χ2v) is 6.84. The average molecular weight is 331 g/mol. The Bertz CT molecular complexity index is 592. The van der Waals surface area contributed by atoms with Crippen LogP contribution in [0.25, 0.3) is 0 Å². The predicted octanol–water partition coefficient (Wildman–Crippen LogP) is 3.66. The Kier molecular flexibility index (Phi) is 5.17. The summed E-state index contributed by atoms with van der Waals surface area (Å²) in [6, 6.07) is 5.85. The lowest BCUT2D eigenvalue weighted by molar-refractivity contribution is 0.106. The van der Waals surface area contributed by atoms with Gasteiger partial charge in [0.2, 0.25) is 0 Å². The molecule has 132 valence electrons. The first kappa shape index (κ1) is 16.9. The summed E-state index contributed by atoms with van der Waals surface area (Å²) in [6.07, 6.45) is 6.91. The summed E-state index contributed by atoms with van der Waals surface area (Å²) in [7, 11) is 3.47. The van der Waals surface area contributed by atoms with Crippen LogP contribution in [0.4, 0.5) is 5.69 Å². The molecule has 0 saturated heterocycles. The Morgan fingerprint density at radius 1 is 1.29 bits per heavy atom. The third-order valence-corrected chi connectivity index (χ3v) is 5.35. The molecule has 0 atom stereocenters. The maximum Gasteiger partial charge on any atom is 0.195 e. The normalized spacial score (nSPS) is 19.4. The van der Waals surface area contributed by atoms with Crippen molar-refractivity contribution in [3.05, 3.63) is 18.2 Å². The zero-order chi connectivity index (χ0) is 17.0. The van der Waals surface area contributed by atoms with Gasteiger partial charge in [0.15, 0.2) is 17.5 Å². The highest BCUT2D eigenvalue weighted by molar-refractivity contribution is 5.93. The molecule has 0 unspecified atom stereocenters. The highest BCUT2D eigenvalue weighted by Gasteiger charge is 2.48. The Morgan fingerprint density at radius 2 is 2.08 bits per heavy atom. The van der Waals surface area contributed by atoms with Gasteiger partial charge in [-0.3, -0.25) is 4.99 Å². The molecule has 0 spiro atoms. The molecule has 2 aliphatic rings. The number of rotatable bonds is 7. The summed E-state index contributed by atoms with van der Waals surface area (Å²) in [5, 5.41) is 6.88. The van der Waals surface area contributed by atoms with E-state index < -0.39 is 0 Å². The first-order chi connectivity index (χ1) is 11.7. The smallest absolute Gasteiger partial charge is 0.195 e. The summed E-state index contributed by atoms with van der Waals surface area (Å²) in [6.45, 7) is 3.61. The maximum absolute atomic E-state index is 5.56. The number of hydrogen-bond acceptors (Lipinski definition) is 3. The summed E-state index contributed by atoms with van der Waals surface area (Å²) in [5.74, 6) is 3.23. The molecule has 0 amide bonds. The van der Waals surface area contributed by atoms with Crippen LogP contribution in [0, 0.1) is 11.3 Å². The van der Waals surface area contributed by atoms with E-state index in [-0.39, 0.29) is 0 Å². The van der Waals surface area contributed by atoms with Crippen LogP contribution in [0.1, 0.15) is 39.0 Å². The first-order valence-corrected chi connectivity index (χ1v) is 8.99. The fraction of sp³-hybridized carbons (Fsp3) is 0.632. The number of ether oxygens (including phenoxy) is 2. The van der Waals surface area contributed by atoms with Crippen molar-refractivity contribution in [3.8, 4) is 11.5 Å².